The van der Waals surface area contributed by atoms with Crippen LogP contribution in [0.25, 0.3) is 39.0 Å². The number of hydrogen-bond acceptors (Lipinski definition) is 4. The Labute approximate surface area is 204 Å². The summed E-state index contributed by atoms with van der Waals surface area (Å²) >= 11 is 0. The van der Waals surface area contributed by atoms with Crippen molar-refractivity contribution in [2.75, 3.05) is 0 Å². The van der Waals surface area contributed by atoms with Crippen LogP contribution in [0.2, 0.25) is 0 Å². The maximum atomic E-state index is 5.14. The van der Waals surface area contributed by atoms with Crippen LogP contribution in [0.3, 0.4) is 0 Å². The molecule has 0 fully saturated rings. The minimum Gasteiger partial charge on any atom is -0.264 e. The van der Waals surface area contributed by atoms with E-state index in [0.717, 1.165) is 44.7 Å². The van der Waals surface area contributed by atoms with E-state index >= 15 is 0 Å². The van der Waals surface area contributed by atoms with Crippen molar-refractivity contribution in [3.8, 4) is 22.4 Å². The molecule has 0 bridgehead atoms. The van der Waals surface area contributed by atoms with Crippen molar-refractivity contribution in [1.82, 2.24) is 19.9 Å². The van der Waals surface area contributed by atoms with Crippen LogP contribution in [0.4, 0.5) is 0 Å². The number of fused-ring (bicyclic) bond motifs is 1. The van der Waals surface area contributed by atoms with Gasteiger partial charge in [0.05, 0.1) is 22.4 Å². The number of aromatic nitrogens is 4. The molecule has 0 saturated heterocycles. The zero-order chi connectivity index (χ0) is 23.6. The summed E-state index contributed by atoms with van der Waals surface area (Å²) in [7, 11) is 0. The predicted octanol–water partition coefficient (Wildman–Crippen LogP) is 7.13. The molecule has 0 radical (unpaired) electrons. The third-order valence-electron chi connectivity index (χ3n) is 6.55. The molecular weight excluding hydrogens is 428 g/mol. The quantitative estimate of drug-likeness (QED) is 0.291. The zero-order valence-corrected chi connectivity index (χ0v) is 19.4. The van der Waals surface area contributed by atoms with E-state index in [2.05, 4.69) is 71.5 Å². The molecule has 4 nitrogen and oxygen atoms in total. The molecule has 35 heavy (non-hydrogen) atoms. The molecule has 2 unspecified atom stereocenters. The summed E-state index contributed by atoms with van der Waals surface area (Å²) in [6.45, 7) is 2.25. The second kappa shape index (κ2) is 9.07. The van der Waals surface area contributed by atoms with Gasteiger partial charge in [0, 0.05) is 36.3 Å². The number of allylic oxidation sites excluding steroid dienone is 4. The Morgan fingerprint density at radius 2 is 1.29 bits per heavy atom. The van der Waals surface area contributed by atoms with Gasteiger partial charge in [0.2, 0.25) is 0 Å². The number of nitrogens with zero attached hydrogens (tertiary/aromatic N) is 4. The van der Waals surface area contributed by atoms with E-state index in [0.29, 0.717) is 0 Å². The van der Waals surface area contributed by atoms with Crippen LogP contribution in [0.5, 0.6) is 0 Å². The van der Waals surface area contributed by atoms with Crippen molar-refractivity contribution in [2.24, 2.45) is 5.92 Å². The summed E-state index contributed by atoms with van der Waals surface area (Å²) in [5.74, 6) is 0.389. The largest absolute Gasteiger partial charge is 0.264 e. The Hall–Kier alpha value is -4.44. The highest BCUT2D eigenvalue weighted by atomic mass is 14.8. The van der Waals surface area contributed by atoms with Gasteiger partial charge >= 0.3 is 0 Å². The minimum absolute atomic E-state index is 0.125. The van der Waals surface area contributed by atoms with Crippen molar-refractivity contribution in [1.29, 1.82) is 0 Å². The van der Waals surface area contributed by atoms with Gasteiger partial charge in [-0.3, -0.25) is 9.97 Å². The molecule has 2 atom stereocenters. The molecule has 3 aromatic heterocycles. The highest BCUT2D eigenvalue weighted by Crippen LogP contribution is 2.38. The second-order valence-corrected chi connectivity index (χ2v) is 8.87. The molecule has 0 aliphatic heterocycles. The third kappa shape index (κ3) is 4.15. The molecule has 0 spiro atoms. The highest BCUT2D eigenvalue weighted by Gasteiger charge is 2.25. The normalized spacial score (nSPS) is 17.3. The standard InChI is InChI=1S/C31H24N4/c1-21-18-24(26-7-5-17-33-20-26)14-15-27(21)31-30(34-28-8-2-3-9-29(28)35-31)23-12-10-22(11-13-23)25-6-4-16-32-19-25/h2-21,27H,1H3. The van der Waals surface area contributed by atoms with Gasteiger partial charge in [-0.1, -0.05) is 73.7 Å². The first-order chi connectivity index (χ1) is 17.3. The van der Waals surface area contributed by atoms with Crippen LogP contribution >= 0.6 is 0 Å². The lowest BCUT2D eigenvalue weighted by atomic mass is 9.82. The smallest absolute Gasteiger partial charge is 0.0931 e. The molecule has 1 aliphatic carbocycles. The molecule has 2 aromatic carbocycles. The van der Waals surface area contributed by atoms with Crippen LogP contribution in [-0.4, -0.2) is 19.9 Å². The first-order valence-corrected chi connectivity index (χ1v) is 11.8. The Kier molecular flexibility index (Phi) is 5.47. The van der Waals surface area contributed by atoms with Gasteiger partial charge in [-0.25, -0.2) is 9.97 Å². The average Bonchev–Trinajstić information content (AvgIpc) is 2.93. The van der Waals surface area contributed by atoms with Crippen LogP contribution in [0, 0.1) is 5.92 Å². The topological polar surface area (TPSA) is 51.6 Å². The SMILES string of the molecule is CC1C=C(c2cccnc2)C=CC1c1nc2ccccc2nc1-c1ccc(-c2cccnc2)cc1. The van der Waals surface area contributed by atoms with E-state index in [1.807, 2.05) is 48.8 Å². The molecule has 5 aromatic rings. The van der Waals surface area contributed by atoms with Crippen LogP contribution < -0.4 is 0 Å². The number of benzene rings is 2. The second-order valence-electron chi connectivity index (χ2n) is 8.87. The molecule has 4 heteroatoms. The van der Waals surface area contributed by atoms with Crippen molar-refractivity contribution < 1.29 is 0 Å². The van der Waals surface area contributed by atoms with Crippen molar-refractivity contribution >= 4 is 16.6 Å². The van der Waals surface area contributed by atoms with Crippen LogP contribution in [0.15, 0.2) is 116 Å². The molecule has 3 heterocycles. The maximum absolute atomic E-state index is 5.14. The lowest BCUT2D eigenvalue weighted by Gasteiger charge is -2.25. The van der Waals surface area contributed by atoms with Gasteiger partial charge < -0.3 is 0 Å². The Morgan fingerprint density at radius 1 is 0.629 bits per heavy atom. The van der Waals surface area contributed by atoms with E-state index in [-0.39, 0.29) is 11.8 Å². The van der Waals surface area contributed by atoms with Crippen molar-refractivity contribution in [3.63, 3.8) is 0 Å². The van der Waals surface area contributed by atoms with Gasteiger partial charge in [0.25, 0.3) is 0 Å². The number of hydrogen-bond donors (Lipinski definition) is 0. The Balaban J connectivity index is 1.42. The summed E-state index contributed by atoms with van der Waals surface area (Å²) < 4.78 is 0. The highest BCUT2D eigenvalue weighted by molar-refractivity contribution is 5.80. The predicted molar refractivity (Wildman–Crippen MR) is 141 cm³/mol. The van der Waals surface area contributed by atoms with Crippen LogP contribution in [0.1, 0.15) is 24.1 Å². The van der Waals surface area contributed by atoms with Gasteiger partial charge in [-0.05, 0) is 52.4 Å². The van der Waals surface area contributed by atoms with Crippen LogP contribution in [-0.2, 0) is 0 Å². The van der Waals surface area contributed by atoms with E-state index < -0.39 is 0 Å². The van der Waals surface area contributed by atoms with E-state index in [1.165, 1.54) is 5.57 Å². The molecule has 1 aliphatic rings. The van der Waals surface area contributed by atoms with E-state index in [1.54, 1.807) is 12.4 Å². The molecular formula is C31H24N4. The van der Waals surface area contributed by atoms with Crippen molar-refractivity contribution in [2.45, 2.75) is 12.8 Å². The number of rotatable bonds is 4. The van der Waals surface area contributed by atoms with E-state index in [4.69, 9.17) is 9.97 Å². The summed E-state index contributed by atoms with van der Waals surface area (Å²) in [6, 6.07) is 24.7. The van der Waals surface area contributed by atoms with Gasteiger partial charge in [-0.2, -0.15) is 0 Å². The average molecular weight is 453 g/mol. The first-order valence-electron chi connectivity index (χ1n) is 11.8. The summed E-state index contributed by atoms with van der Waals surface area (Å²) in [5.41, 5.74) is 9.37. The Bertz CT molecular complexity index is 1540. The Morgan fingerprint density at radius 3 is 1.94 bits per heavy atom. The molecule has 168 valence electrons. The fourth-order valence-electron chi connectivity index (χ4n) is 4.70. The maximum Gasteiger partial charge on any atom is 0.0931 e. The lowest BCUT2D eigenvalue weighted by Crippen LogP contribution is -2.13. The minimum atomic E-state index is 0.125. The molecule has 6 rings (SSSR count). The zero-order valence-electron chi connectivity index (χ0n) is 19.4. The fraction of sp³-hybridized carbons (Fsp3) is 0.0968. The van der Waals surface area contributed by atoms with Gasteiger partial charge in [0.15, 0.2) is 0 Å². The molecule has 0 N–H and O–H groups in total. The molecule has 0 saturated carbocycles. The molecule has 0 amide bonds. The summed E-state index contributed by atoms with van der Waals surface area (Å²) in [4.78, 5) is 18.8. The van der Waals surface area contributed by atoms with E-state index in [9.17, 15) is 0 Å². The van der Waals surface area contributed by atoms with Crippen molar-refractivity contribution in [3.05, 3.63) is 127 Å². The summed E-state index contributed by atoms with van der Waals surface area (Å²) in [5, 5.41) is 0. The number of para-hydroxylation sites is 2. The summed E-state index contributed by atoms with van der Waals surface area (Å²) in [6.07, 6.45) is 14.2. The third-order valence-corrected chi connectivity index (χ3v) is 6.55. The monoisotopic (exact) mass is 452 g/mol. The first kappa shape index (κ1) is 21.1. The fourth-order valence-corrected chi connectivity index (χ4v) is 4.70. The van der Waals surface area contributed by atoms with Gasteiger partial charge in [0.1, 0.15) is 0 Å². The van der Waals surface area contributed by atoms with Gasteiger partial charge in [-0.15, -0.1) is 0 Å². The lowest BCUT2D eigenvalue weighted by molar-refractivity contribution is 0.624. The number of pyridine rings is 2.